The summed E-state index contributed by atoms with van der Waals surface area (Å²) >= 11 is 6.19. The van der Waals surface area contributed by atoms with Gasteiger partial charge in [-0.2, -0.15) is 5.10 Å². The number of carbonyl (C=O) groups is 1. The predicted molar refractivity (Wildman–Crippen MR) is 153 cm³/mol. The van der Waals surface area contributed by atoms with E-state index < -0.39 is 11.5 Å². The van der Waals surface area contributed by atoms with Gasteiger partial charge in [0, 0.05) is 22.6 Å². The van der Waals surface area contributed by atoms with Crippen LogP contribution in [0.4, 0.5) is 5.69 Å². The van der Waals surface area contributed by atoms with Crippen molar-refractivity contribution in [1.82, 2.24) is 15.2 Å². The first-order chi connectivity index (χ1) is 18.9. The van der Waals surface area contributed by atoms with Gasteiger partial charge in [-0.25, -0.2) is 9.78 Å². The Morgan fingerprint density at radius 1 is 1.15 bits per heavy atom. The number of fused-ring (bicyclic) bond motifs is 3. The number of nitrogens with zero attached hydrogens (tertiary/aromatic N) is 2. The number of aliphatic carboxylic acids is 1. The van der Waals surface area contributed by atoms with Crippen molar-refractivity contribution in [2.24, 2.45) is 5.92 Å². The molecule has 1 unspecified atom stereocenters. The highest BCUT2D eigenvalue weighted by atomic mass is 35.5. The molecule has 1 spiro atoms. The van der Waals surface area contributed by atoms with Crippen LogP contribution in [0.15, 0.2) is 60.8 Å². The van der Waals surface area contributed by atoms with E-state index in [0.29, 0.717) is 36.0 Å². The van der Waals surface area contributed by atoms with Gasteiger partial charge in [-0.05, 0) is 98.6 Å². The van der Waals surface area contributed by atoms with Gasteiger partial charge in [0.2, 0.25) is 0 Å². The molecular weight excluding hydrogens is 512 g/mol. The number of nitrogens with one attached hydrogen (secondary N) is 2. The molecule has 1 fully saturated rings. The van der Waals surface area contributed by atoms with E-state index in [9.17, 15) is 9.90 Å². The number of benzene rings is 2. The molecule has 0 saturated heterocycles. The fourth-order valence-electron chi connectivity index (χ4n) is 6.97. The number of ether oxygens (including phenoxy) is 1. The maximum absolute atomic E-state index is 12.6. The molecule has 0 bridgehead atoms. The second-order valence-electron chi connectivity index (χ2n) is 11.1. The molecule has 2 aliphatic rings. The van der Waals surface area contributed by atoms with Crippen LogP contribution in [0.2, 0.25) is 5.02 Å². The van der Waals surface area contributed by atoms with Gasteiger partial charge in [-0.15, -0.1) is 0 Å². The first-order valence-corrected chi connectivity index (χ1v) is 14.1. The summed E-state index contributed by atoms with van der Waals surface area (Å²) in [6.07, 6.45) is 7.48. The number of carboxylic acids is 1. The van der Waals surface area contributed by atoms with Gasteiger partial charge in [0.1, 0.15) is 11.3 Å². The van der Waals surface area contributed by atoms with E-state index in [-0.39, 0.29) is 5.41 Å². The average Bonchev–Trinajstić information content (AvgIpc) is 3.46. The summed E-state index contributed by atoms with van der Waals surface area (Å²) in [6, 6.07) is 18.0. The van der Waals surface area contributed by atoms with Gasteiger partial charge in [0.25, 0.3) is 0 Å². The van der Waals surface area contributed by atoms with Gasteiger partial charge >= 0.3 is 5.97 Å². The number of hydrogen-bond acceptors (Lipinski definition) is 5. The minimum atomic E-state index is -1.00. The summed E-state index contributed by atoms with van der Waals surface area (Å²) in [5, 5.41) is 22.5. The normalized spacial score (nSPS) is 24.1. The van der Waals surface area contributed by atoms with E-state index in [1.165, 1.54) is 11.1 Å². The maximum atomic E-state index is 12.6. The molecule has 3 N–H and O–H groups in total. The maximum Gasteiger partial charge on any atom is 0.329 e. The molecule has 7 nitrogen and oxygen atoms in total. The van der Waals surface area contributed by atoms with E-state index in [0.717, 1.165) is 54.6 Å². The average molecular weight is 545 g/mol. The van der Waals surface area contributed by atoms with E-state index in [4.69, 9.17) is 16.3 Å². The Bertz CT molecular complexity index is 1510. The Hall–Kier alpha value is -3.58. The van der Waals surface area contributed by atoms with Gasteiger partial charge in [-0.3, -0.25) is 5.10 Å². The van der Waals surface area contributed by atoms with Crippen LogP contribution >= 0.6 is 11.6 Å². The van der Waals surface area contributed by atoms with Crippen molar-refractivity contribution in [2.45, 2.75) is 62.8 Å². The highest BCUT2D eigenvalue weighted by molar-refractivity contribution is 6.30. The van der Waals surface area contributed by atoms with Gasteiger partial charge in [0.15, 0.2) is 5.65 Å². The lowest BCUT2D eigenvalue weighted by molar-refractivity contribution is -0.144. The number of rotatable bonds is 8. The van der Waals surface area contributed by atoms with Crippen LogP contribution in [-0.4, -0.2) is 38.4 Å². The number of aryl methyl sites for hydroxylation is 1. The lowest BCUT2D eigenvalue weighted by atomic mass is 9.60. The minimum absolute atomic E-state index is 0.0172. The molecule has 8 heteroatoms. The van der Waals surface area contributed by atoms with Crippen molar-refractivity contribution >= 4 is 34.3 Å². The third kappa shape index (κ3) is 4.63. The molecule has 202 valence electrons. The number of aromatic nitrogens is 3. The van der Waals surface area contributed by atoms with Crippen molar-refractivity contribution in [3.05, 3.63) is 82.6 Å². The second kappa shape index (κ2) is 10.2. The monoisotopic (exact) mass is 544 g/mol. The van der Waals surface area contributed by atoms with Crippen LogP contribution in [0.25, 0.3) is 11.0 Å². The van der Waals surface area contributed by atoms with Crippen LogP contribution in [0, 0.1) is 12.8 Å². The van der Waals surface area contributed by atoms with Crippen molar-refractivity contribution in [3.8, 4) is 5.75 Å². The Morgan fingerprint density at radius 3 is 2.77 bits per heavy atom. The molecule has 6 rings (SSSR count). The largest absolute Gasteiger partial charge is 0.493 e. The molecule has 0 aliphatic heterocycles. The standard InChI is InChI=1S/C31H33ClN4O3/c1-20-27-26(11-16-33-28(27)36-35-20)39-17-5-7-22-18-21-6-2-3-10-25(21)30(22)12-14-31(15-13-30,29(37)38)34-24-9-4-8-23(32)19-24/h2-4,6,8-11,16,19,22,34H,5,7,12-15,17-18H2,1H3,(H,37,38)(H,33,35,36). The summed E-state index contributed by atoms with van der Waals surface area (Å²) in [6.45, 7) is 2.59. The first-order valence-electron chi connectivity index (χ1n) is 13.7. The molecule has 2 aromatic heterocycles. The summed E-state index contributed by atoms with van der Waals surface area (Å²) < 4.78 is 6.21. The van der Waals surface area contributed by atoms with E-state index >= 15 is 0 Å². The SMILES string of the molecule is Cc1[nH]nc2nccc(OCCCC3Cc4ccccc4C34CCC(Nc3cccc(Cl)c3)(C(=O)O)CC4)c12. The van der Waals surface area contributed by atoms with Crippen LogP contribution < -0.4 is 10.1 Å². The van der Waals surface area contributed by atoms with Crippen LogP contribution in [0.5, 0.6) is 5.75 Å². The highest BCUT2D eigenvalue weighted by Crippen LogP contribution is 2.55. The zero-order valence-corrected chi connectivity index (χ0v) is 22.8. The molecule has 0 amide bonds. The Morgan fingerprint density at radius 2 is 1.97 bits per heavy atom. The Balaban J connectivity index is 1.18. The summed E-state index contributed by atoms with van der Waals surface area (Å²) in [4.78, 5) is 16.9. The van der Waals surface area contributed by atoms with Crippen LogP contribution in [-0.2, 0) is 16.6 Å². The van der Waals surface area contributed by atoms with Gasteiger partial charge < -0.3 is 15.2 Å². The molecule has 2 heterocycles. The van der Waals surface area contributed by atoms with Gasteiger partial charge in [0.05, 0.1) is 12.0 Å². The van der Waals surface area contributed by atoms with Crippen molar-refractivity contribution in [1.29, 1.82) is 0 Å². The fourth-order valence-corrected chi connectivity index (χ4v) is 7.16. The molecule has 1 atom stereocenters. The van der Waals surface area contributed by atoms with Crippen molar-refractivity contribution < 1.29 is 14.6 Å². The lowest BCUT2D eigenvalue weighted by Gasteiger charge is -2.47. The molecule has 0 radical (unpaired) electrons. The van der Waals surface area contributed by atoms with Crippen molar-refractivity contribution in [2.75, 3.05) is 11.9 Å². The number of hydrogen-bond donors (Lipinski definition) is 3. The zero-order chi connectivity index (χ0) is 27.0. The number of halogens is 1. The molecule has 4 aromatic rings. The predicted octanol–water partition coefficient (Wildman–Crippen LogP) is 6.70. The zero-order valence-electron chi connectivity index (χ0n) is 22.0. The van der Waals surface area contributed by atoms with Crippen LogP contribution in [0.1, 0.15) is 55.3 Å². The van der Waals surface area contributed by atoms with E-state index in [2.05, 4.69) is 44.8 Å². The fraction of sp³-hybridized carbons (Fsp3) is 0.387. The number of anilines is 1. The molecule has 1 saturated carbocycles. The number of aromatic amines is 1. The number of carboxylic acid groups (broad SMARTS) is 1. The summed E-state index contributed by atoms with van der Waals surface area (Å²) in [7, 11) is 0. The summed E-state index contributed by atoms with van der Waals surface area (Å²) in [5.74, 6) is 0.461. The molecule has 39 heavy (non-hydrogen) atoms. The smallest absolute Gasteiger partial charge is 0.329 e. The van der Waals surface area contributed by atoms with E-state index in [1.54, 1.807) is 18.3 Å². The quantitative estimate of drug-likeness (QED) is 0.213. The lowest BCUT2D eigenvalue weighted by Crippen LogP contribution is -2.53. The molecular formula is C31H33ClN4O3. The minimum Gasteiger partial charge on any atom is -0.493 e. The summed E-state index contributed by atoms with van der Waals surface area (Å²) in [5.41, 5.74) is 4.16. The number of H-pyrrole nitrogens is 1. The number of pyridine rings is 1. The second-order valence-corrected chi connectivity index (χ2v) is 11.5. The first kappa shape index (κ1) is 25.7. The Labute approximate surface area is 232 Å². The van der Waals surface area contributed by atoms with E-state index in [1.807, 2.05) is 25.1 Å². The van der Waals surface area contributed by atoms with Crippen molar-refractivity contribution in [3.63, 3.8) is 0 Å². The third-order valence-electron chi connectivity index (χ3n) is 8.97. The molecule has 2 aromatic carbocycles. The Kier molecular flexibility index (Phi) is 6.71. The topological polar surface area (TPSA) is 100 Å². The highest BCUT2D eigenvalue weighted by Gasteiger charge is 2.53. The van der Waals surface area contributed by atoms with Gasteiger partial charge in [-0.1, -0.05) is 41.9 Å². The van der Waals surface area contributed by atoms with Crippen LogP contribution in [0.3, 0.4) is 0 Å². The third-order valence-corrected chi connectivity index (χ3v) is 9.20. The molecule has 2 aliphatic carbocycles.